The molecule has 4 rings (SSSR count). The molecule has 0 unspecified atom stereocenters. The van der Waals surface area contributed by atoms with Crippen molar-refractivity contribution < 1.29 is 0 Å². The molecule has 3 aromatic carbocycles. The van der Waals surface area contributed by atoms with E-state index in [4.69, 9.17) is 11.6 Å². The summed E-state index contributed by atoms with van der Waals surface area (Å²) in [5, 5.41) is 11.9. The number of benzene rings is 3. The van der Waals surface area contributed by atoms with Crippen molar-refractivity contribution in [3.63, 3.8) is 0 Å². The highest BCUT2D eigenvalue weighted by Crippen LogP contribution is 2.23. The summed E-state index contributed by atoms with van der Waals surface area (Å²) in [7, 11) is 0. The molecular formula is C23H18ClN3S. The van der Waals surface area contributed by atoms with Gasteiger partial charge in [0.2, 0.25) is 4.80 Å². The predicted molar refractivity (Wildman–Crippen MR) is 118 cm³/mol. The van der Waals surface area contributed by atoms with Gasteiger partial charge in [0.1, 0.15) is 0 Å². The fraction of sp³-hybridized carbons (Fsp3) is 0.0435. The van der Waals surface area contributed by atoms with Crippen molar-refractivity contribution in [3.8, 4) is 16.9 Å². The molecule has 0 aliphatic heterocycles. The summed E-state index contributed by atoms with van der Waals surface area (Å²) in [5.74, 6) is 0. The van der Waals surface area contributed by atoms with Gasteiger partial charge >= 0.3 is 0 Å². The molecule has 1 aromatic heterocycles. The standard InChI is InChI=1S/C23H18ClN3S/c1-17(18-12-14-20(24)15-13-18)25-26-23-27(21-10-6-3-7-11-21)22(16-28-23)19-8-4-2-5-9-19/h2-16H,1H3/b25-17-,26-23+. The Hall–Kier alpha value is -2.95. The van der Waals surface area contributed by atoms with Gasteiger partial charge in [-0.3, -0.25) is 4.57 Å². The number of thiazole rings is 1. The minimum atomic E-state index is 0.709. The summed E-state index contributed by atoms with van der Waals surface area (Å²) in [6, 6.07) is 28.2. The first-order chi connectivity index (χ1) is 13.7. The zero-order valence-electron chi connectivity index (χ0n) is 15.3. The van der Waals surface area contributed by atoms with Gasteiger partial charge in [-0.2, -0.15) is 5.10 Å². The number of nitrogens with zero attached hydrogens (tertiary/aromatic N) is 3. The number of rotatable bonds is 4. The van der Waals surface area contributed by atoms with Crippen LogP contribution in [0.1, 0.15) is 12.5 Å². The Labute approximate surface area is 172 Å². The van der Waals surface area contributed by atoms with E-state index in [2.05, 4.69) is 44.4 Å². The van der Waals surface area contributed by atoms with Gasteiger partial charge in [0, 0.05) is 16.1 Å². The van der Waals surface area contributed by atoms with E-state index in [0.29, 0.717) is 5.02 Å². The molecule has 0 radical (unpaired) electrons. The fourth-order valence-electron chi connectivity index (χ4n) is 2.88. The lowest BCUT2D eigenvalue weighted by molar-refractivity contribution is 0.970. The number of hydrogen-bond acceptors (Lipinski definition) is 3. The SMILES string of the molecule is C/C(=N/N=c1/scc(-c2ccccc2)n1-c1ccccc1)c1ccc(Cl)cc1. The van der Waals surface area contributed by atoms with Crippen LogP contribution in [0.5, 0.6) is 0 Å². The molecule has 4 aromatic rings. The summed E-state index contributed by atoms with van der Waals surface area (Å²) in [4.78, 5) is 0.818. The molecule has 0 amide bonds. The van der Waals surface area contributed by atoms with Gasteiger partial charge in [-0.05, 0) is 42.3 Å². The van der Waals surface area contributed by atoms with E-state index in [-0.39, 0.29) is 0 Å². The van der Waals surface area contributed by atoms with Crippen molar-refractivity contribution in [3.05, 3.63) is 106 Å². The van der Waals surface area contributed by atoms with E-state index >= 15 is 0 Å². The second kappa shape index (κ2) is 8.38. The van der Waals surface area contributed by atoms with Gasteiger partial charge in [0.25, 0.3) is 0 Å². The Morgan fingerprint density at radius 3 is 2.18 bits per heavy atom. The molecule has 0 aliphatic rings. The molecule has 138 valence electrons. The van der Waals surface area contributed by atoms with Gasteiger partial charge in [0.05, 0.1) is 11.4 Å². The Morgan fingerprint density at radius 2 is 1.50 bits per heavy atom. The molecule has 0 aliphatic carbocycles. The van der Waals surface area contributed by atoms with E-state index in [1.807, 2.05) is 67.6 Å². The van der Waals surface area contributed by atoms with Gasteiger partial charge in [-0.15, -0.1) is 16.4 Å². The lowest BCUT2D eigenvalue weighted by Crippen LogP contribution is -2.13. The third-order valence-electron chi connectivity index (χ3n) is 4.34. The first kappa shape index (κ1) is 18.4. The monoisotopic (exact) mass is 403 g/mol. The first-order valence-corrected chi connectivity index (χ1v) is 10.1. The van der Waals surface area contributed by atoms with Crippen LogP contribution in [0.3, 0.4) is 0 Å². The molecular weight excluding hydrogens is 386 g/mol. The van der Waals surface area contributed by atoms with E-state index in [1.165, 1.54) is 0 Å². The Balaban J connectivity index is 1.83. The van der Waals surface area contributed by atoms with Gasteiger partial charge < -0.3 is 0 Å². The molecule has 0 fully saturated rings. The van der Waals surface area contributed by atoms with Crippen molar-refractivity contribution in [2.45, 2.75) is 6.92 Å². The molecule has 3 nitrogen and oxygen atoms in total. The van der Waals surface area contributed by atoms with Crippen LogP contribution in [-0.2, 0) is 0 Å². The molecule has 5 heteroatoms. The van der Waals surface area contributed by atoms with Gasteiger partial charge in [-0.1, -0.05) is 72.3 Å². The molecule has 1 heterocycles. The molecule has 0 atom stereocenters. The first-order valence-electron chi connectivity index (χ1n) is 8.88. The fourth-order valence-corrected chi connectivity index (χ4v) is 3.87. The molecule has 0 saturated carbocycles. The number of aromatic nitrogens is 1. The minimum Gasteiger partial charge on any atom is -0.284 e. The molecule has 0 saturated heterocycles. The van der Waals surface area contributed by atoms with Crippen LogP contribution < -0.4 is 4.80 Å². The molecule has 28 heavy (non-hydrogen) atoms. The quantitative estimate of drug-likeness (QED) is 0.287. The highest BCUT2D eigenvalue weighted by Gasteiger charge is 2.09. The van der Waals surface area contributed by atoms with E-state index < -0.39 is 0 Å². The minimum absolute atomic E-state index is 0.709. The highest BCUT2D eigenvalue weighted by molar-refractivity contribution is 7.07. The maximum Gasteiger partial charge on any atom is 0.215 e. The van der Waals surface area contributed by atoms with Crippen LogP contribution in [0.2, 0.25) is 5.02 Å². The summed E-state index contributed by atoms with van der Waals surface area (Å²) in [6.45, 7) is 1.95. The van der Waals surface area contributed by atoms with Crippen molar-refractivity contribution >= 4 is 28.6 Å². The summed E-state index contributed by atoms with van der Waals surface area (Å²) >= 11 is 7.55. The Morgan fingerprint density at radius 1 is 0.857 bits per heavy atom. The maximum atomic E-state index is 5.97. The van der Waals surface area contributed by atoms with Crippen LogP contribution in [0.25, 0.3) is 16.9 Å². The normalized spacial score (nSPS) is 12.4. The maximum absolute atomic E-state index is 5.97. The van der Waals surface area contributed by atoms with Crippen LogP contribution >= 0.6 is 22.9 Å². The molecule has 0 bridgehead atoms. The van der Waals surface area contributed by atoms with Crippen LogP contribution in [0.15, 0.2) is 101 Å². The summed E-state index contributed by atoms with van der Waals surface area (Å²) in [6.07, 6.45) is 0. The van der Waals surface area contributed by atoms with E-state index in [9.17, 15) is 0 Å². The van der Waals surface area contributed by atoms with Crippen LogP contribution in [-0.4, -0.2) is 10.3 Å². The second-order valence-electron chi connectivity index (χ2n) is 6.23. The predicted octanol–water partition coefficient (Wildman–Crippen LogP) is 6.18. The lowest BCUT2D eigenvalue weighted by atomic mass is 10.1. The zero-order chi connectivity index (χ0) is 19.3. The van der Waals surface area contributed by atoms with Crippen LogP contribution in [0.4, 0.5) is 0 Å². The second-order valence-corrected chi connectivity index (χ2v) is 7.51. The van der Waals surface area contributed by atoms with Gasteiger partial charge in [0.15, 0.2) is 0 Å². The average Bonchev–Trinajstić information content (AvgIpc) is 3.18. The van der Waals surface area contributed by atoms with E-state index in [1.54, 1.807) is 11.3 Å². The smallest absolute Gasteiger partial charge is 0.215 e. The number of halogens is 1. The number of hydrogen-bond donors (Lipinski definition) is 0. The largest absolute Gasteiger partial charge is 0.284 e. The van der Waals surface area contributed by atoms with Gasteiger partial charge in [-0.25, -0.2) is 0 Å². The van der Waals surface area contributed by atoms with Crippen molar-refractivity contribution in [2.24, 2.45) is 10.2 Å². The number of para-hydroxylation sites is 1. The highest BCUT2D eigenvalue weighted by atomic mass is 35.5. The Kier molecular flexibility index (Phi) is 5.51. The molecule has 0 N–H and O–H groups in total. The summed E-state index contributed by atoms with van der Waals surface area (Å²) in [5.41, 5.74) is 5.13. The topological polar surface area (TPSA) is 29.6 Å². The van der Waals surface area contributed by atoms with E-state index in [0.717, 1.165) is 33.0 Å². The van der Waals surface area contributed by atoms with Crippen molar-refractivity contribution in [1.82, 2.24) is 4.57 Å². The third kappa shape index (κ3) is 3.98. The third-order valence-corrected chi connectivity index (χ3v) is 5.41. The van der Waals surface area contributed by atoms with Crippen molar-refractivity contribution in [1.29, 1.82) is 0 Å². The van der Waals surface area contributed by atoms with Crippen LogP contribution in [0, 0.1) is 0 Å². The molecule has 0 spiro atoms. The van der Waals surface area contributed by atoms with Crippen molar-refractivity contribution in [2.75, 3.05) is 0 Å². The summed E-state index contributed by atoms with van der Waals surface area (Å²) < 4.78 is 2.14. The lowest BCUT2D eigenvalue weighted by Gasteiger charge is -2.08. The average molecular weight is 404 g/mol. The Bertz CT molecular complexity index is 1160. The zero-order valence-corrected chi connectivity index (χ0v) is 16.9.